The van der Waals surface area contributed by atoms with Gasteiger partial charge in [-0.1, -0.05) is 0 Å². The van der Waals surface area contributed by atoms with Gasteiger partial charge in [-0.15, -0.1) is 24.8 Å². The van der Waals surface area contributed by atoms with Crippen molar-refractivity contribution in [1.82, 2.24) is 19.8 Å². The van der Waals surface area contributed by atoms with Crippen LogP contribution in [0.2, 0.25) is 0 Å². The van der Waals surface area contributed by atoms with E-state index in [1.54, 1.807) is 30.9 Å². The SMILES string of the molecule is CC(C)n1c(C(F)(F)F)nc2cc(C(=O)N3CCNC[C@H]3C)ccc21.Cl.Cl. The number of amides is 1. The van der Waals surface area contributed by atoms with Crippen LogP contribution in [0.4, 0.5) is 13.2 Å². The Morgan fingerprint density at radius 3 is 2.52 bits per heavy atom. The second-order valence-corrected chi connectivity index (χ2v) is 6.65. The van der Waals surface area contributed by atoms with E-state index in [1.807, 2.05) is 6.92 Å². The van der Waals surface area contributed by atoms with Crippen molar-refractivity contribution in [3.63, 3.8) is 0 Å². The molecule has 1 atom stereocenters. The van der Waals surface area contributed by atoms with Crippen molar-refractivity contribution in [2.24, 2.45) is 0 Å². The lowest BCUT2D eigenvalue weighted by molar-refractivity contribution is -0.147. The van der Waals surface area contributed by atoms with E-state index in [4.69, 9.17) is 0 Å². The summed E-state index contributed by atoms with van der Waals surface area (Å²) in [6.45, 7) is 7.28. The highest BCUT2D eigenvalue weighted by molar-refractivity contribution is 5.97. The molecule has 10 heteroatoms. The number of nitrogens with one attached hydrogen (secondary N) is 1. The van der Waals surface area contributed by atoms with Crippen LogP contribution < -0.4 is 5.32 Å². The molecule has 0 unspecified atom stereocenters. The molecule has 5 nitrogen and oxygen atoms in total. The minimum Gasteiger partial charge on any atom is -0.333 e. The highest BCUT2D eigenvalue weighted by Gasteiger charge is 2.38. The lowest BCUT2D eigenvalue weighted by atomic mass is 10.1. The predicted molar refractivity (Wildman–Crippen MR) is 103 cm³/mol. The van der Waals surface area contributed by atoms with E-state index in [0.29, 0.717) is 30.7 Å². The summed E-state index contributed by atoms with van der Waals surface area (Å²) in [4.78, 5) is 18.2. The zero-order valence-electron chi connectivity index (χ0n) is 15.2. The number of fused-ring (bicyclic) bond motifs is 1. The second kappa shape index (κ2) is 8.67. The first-order chi connectivity index (χ1) is 11.7. The van der Waals surface area contributed by atoms with Gasteiger partial charge in [-0.2, -0.15) is 13.2 Å². The molecule has 1 amide bonds. The summed E-state index contributed by atoms with van der Waals surface area (Å²) in [5.74, 6) is -1.11. The molecule has 0 aliphatic carbocycles. The Hall–Kier alpha value is -1.51. The molecular weight excluding hydrogens is 404 g/mol. The number of rotatable bonds is 2. The largest absolute Gasteiger partial charge is 0.449 e. The van der Waals surface area contributed by atoms with Crippen LogP contribution >= 0.6 is 24.8 Å². The highest BCUT2D eigenvalue weighted by atomic mass is 35.5. The van der Waals surface area contributed by atoms with Crippen LogP contribution in [-0.4, -0.2) is 46.0 Å². The van der Waals surface area contributed by atoms with Gasteiger partial charge in [-0.3, -0.25) is 4.79 Å². The Balaban J connectivity index is 0.00000182. The molecular formula is C17H23Cl2F3N4O. The Morgan fingerprint density at radius 2 is 1.96 bits per heavy atom. The number of carbonyl (C=O) groups excluding carboxylic acids is 1. The molecule has 2 aromatic rings. The number of nitrogens with zero attached hydrogens (tertiary/aromatic N) is 3. The number of alkyl halides is 3. The molecule has 1 N–H and O–H groups in total. The van der Waals surface area contributed by atoms with Gasteiger partial charge >= 0.3 is 6.18 Å². The standard InChI is InChI=1S/C17H21F3N4O.2ClH/c1-10(2)24-14-5-4-12(8-13(14)22-16(24)17(18,19)20)15(25)23-7-6-21-9-11(23)3;;/h4-5,8,10-11,21H,6-7,9H2,1-3H3;2*1H/t11-;;/m1../s1. The summed E-state index contributed by atoms with van der Waals surface area (Å²) in [6.07, 6.45) is -4.54. The van der Waals surface area contributed by atoms with Crippen LogP contribution in [0.25, 0.3) is 11.0 Å². The van der Waals surface area contributed by atoms with Crippen LogP contribution in [0.3, 0.4) is 0 Å². The van der Waals surface area contributed by atoms with Crippen molar-refractivity contribution in [3.05, 3.63) is 29.6 Å². The normalized spacial score (nSPS) is 17.6. The first-order valence-electron chi connectivity index (χ1n) is 8.31. The molecule has 1 aliphatic rings. The number of aromatic nitrogens is 2. The molecule has 0 saturated carbocycles. The fourth-order valence-electron chi connectivity index (χ4n) is 3.26. The second-order valence-electron chi connectivity index (χ2n) is 6.65. The first-order valence-corrected chi connectivity index (χ1v) is 8.31. The fraction of sp³-hybridized carbons (Fsp3) is 0.529. The van der Waals surface area contributed by atoms with Crippen molar-refractivity contribution in [2.45, 2.75) is 39.0 Å². The van der Waals surface area contributed by atoms with Crippen molar-refractivity contribution in [3.8, 4) is 0 Å². The lowest BCUT2D eigenvalue weighted by Crippen LogP contribution is -2.52. The zero-order valence-corrected chi connectivity index (χ0v) is 16.8. The number of hydrogen-bond donors (Lipinski definition) is 1. The lowest BCUT2D eigenvalue weighted by Gasteiger charge is -2.34. The molecule has 3 rings (SSSR count). The van der Waals surface area contributed by atoms with Crippen LogP contribution in [0.15, 0.2) is 18.2 Å². The van der Waals surface area contributed by atoms with Crippen molar-refractivity contribution >= 4 is 41.8 Å². The summed E-state index contributed by atoms with van der Waals surface area (Å²) in [7, 11) is 0. The summed E-state index contributed by atoms with van der Waals surface area (Å²) >= 11 is 0. The smallest absolute Gasteiger partial charge is 0.333 e. The Labute approximate surface area is 168 Å². The van der Waals surface area contributed by atoms with Crippen molar-refractivity contribution in [1.29, 1.82) is 0 Å². The molecule has 27 heavy (non-hydrogen) atoms. The maximum atomic E-state index is 13.3. The van der Waals surface area contributed by atoms with Crippen LogP contribution in [-0.2, 0) is 6.18 Å². The molecule has 0 radical (unpaired) electrons. The van der Waals surface area contributed by atoms with Crippen LogP contribution in [0.5, 0.6) is 0 Å². The molecule has 0 spiro atoms. The number of benzene rings is 1. The zero-order chi connectivity index (χ0) is 18.4. The molecule has 1 aromatic heterocycles. The third-order valence-electron chi connectivity index (χ3n) is 4.47. The maximum absolute atomic E-state index is 13.3. The van der Waals surface area contributed by atoms with Gasteiger partial charge in [-0.05, 0) is 39.0 Å². The number of hydrogen-bond acceptors (Lipinski definition) is 3. The van der Waals surface area contributed by atoms with Crippen LogP contribution in [0.1, 0.15) is 43.0 Å². The summed E-state index contributed by atoms with van der Waals surface area (Å²) < 4.78 is 41.0. The fourth-order valence-corrected chi connectivity index (χ4v) is 3.26. The van der Waals surface area contributed by atoms with E-state index in [2.05, 4.69) is 10.3 Å². The van der Waals surface area contributed by atoms with E-state index < -0.39 is 18.0 Å². The third kappa shape index (κ3) is 4.50. The summed E-state index contributed by atoms with van der Waals surface area (Å²) in [5, 5.41) is 3.21. The highest BCUT2D eigenvalue weighted by Crippen LogP contribution is 2.34. The number of halogens is 5. The monoisotopic (exact) mass is 426 g/mol. The molecule has 1 saturated heterocycles. The van der Waals surface area contributed by atoms with E-state index >= 15 is 0 Å². The van der Waals surface area contributed by atoms with Gasteiger partial charge in [0.2, 0.25) is 5.82 Å². The predicted octanol–water partition coefficient (Wildman–Crippen LogP) is 3.91. The van der Waals surface area contributed by atoms with E-state index in [0.717, 1.165) is 4.57 Å². The number of imidazole rings is 1. The summed E-state index contributed by atoms with van der Waals surface area (Å²) in [5.41, 5.74) is 0.935. The molecule has 0 bridgehead atoms. The topological polar surface area (TPSA) is 50.2 Å². The Bertz CT molecular complexity index is 807. The molecule has 1 fully saturated rings. The van der Waals surface area contributed by atoms with Gasteiger partial charge in [0.15, 0.2) is 0 Å². The molecule has 1 aromatic carbocycles. The van der Waals surface area contributed by atoms with Crippen molar-refractivity contribution in [2.75, 3.05) is 19.6 Å². The van der Waals surface area contributed by atoms with E-state index in [1.165, 1.54) is 6.07 Å². The summed E-state index contributed by atoms with van der Waals surface area (Å²) in [6, 6.07) is 4.24. The third-order valence-corrected chi connectivity index (χ3v) is 4.47. The quantitative estimate of drug-likeness (QED) is 0.791. The average molecular weight is 427 g/mol. The van der Waals surface area contributed by atoms with Gasteiger partial charge in [0.05, 0.1) is 11.0 Å². The van der Waals surface area contributed by atoms with E-state index in [9.17, 15) is 18.0 Å². The van der Waals surface area contributed by atoms with Gasteiger partial charge in [0.25, 0.3) is 5.91 Å². The Kier molecular flexibility index (Phi) is 7.55. The van der Waals surface area contributed by atoms with Crippen LogP contribution in [0, 0.1) is 0 Å². The van der Waals surface area contributed by atoms with Crippen molar-refractivity contribution < 1.29 is 18.0 Å². The molecule has 1 aliphatic heterocycles. The molecule has 2 heterocycles. The van der Waals surface area contributed by atoms with Gasteiger partial charge < -0.3 is 14.8 Å². The van der Waals surface area contributed by atoms with Gasteiger partial charge in [0.1, 0.15) is 0 Å². The minimum atomic E-state index is -4.54. The van der Waals surface area contributed by atoms with Gasteiger partial charge in [0, 0.05) is 37.3 Å². The van der Waals surface area contributed by atoms with Gasteiger partial charge in [-0.25, -0.2) is 4.98 Å². The average Bonchev–Trinajstić information content (AvgIpc) is 2.93. The number of piperazine rings is 1. The maximum Gasteiger partial charge on any atom is 0.449 e. The minimum absolute atomic E-state index is 0. The van der Waals surface area contributed by atoms with E-state index in [-0.39, 0.29) is 42.3 Å². The first kappa shape index (κ1) is 23.5. The Morgan fingerprint density at radius 1 is 1.30 bits per heavy atom. The number of carbonyl (C=O) groups is 1. The molecule has 152 valence electrons.